The second-order valence-corrected chi connectivity index (χ2v) is 3.36. The first-order valence-corrected chi connectivity index (χ1v) is 4.39. The Labute approximate surface area is 87.6 Å². The Kier molecular flexibility index (Phi) is 2.99. The number of hydrogen-bond donors (Lipinski definition) is 2. The Morgan fingerprint density at radius 1 is 1.47 bits per heavy atom. The summed E-state index contributed by atoms with van der Waals surface area (Å²) in [6, 6.07) is 0.964. The van der Waals surface area contributed by atoms with Crippen molar-refractivity contribution in [3.63, 3.8) is 0 Å². The minimum atomic E-state index is -0.669. The van der Waals surface area contributed by atoms with Crippen LogP contribution in [-0.4, -0.2) is 35.6 Å². The molecule has 0 fully saturated rings. The predicted octanol–water partition coefficient (Wildman–Crippen LogP) is 0.121. The number of hydrogen-bond acceptors (Lipinski definition) is 2. The summed E-state index contributed by atoms with van der Waals surface area (Å²) < 4.78 is 1.42. The van der Waals surface area contributed by atoms with E-state index < -0.39 is 6.03 Å². The molecule has 3 amide bonds. The lowest BCUT2D eigenvalue weighted by Crippen LogP contribution is -2.29. The number of nitrogens with two attached hydrogens (primary N) is 1. The minimum absolute atomic E-state index is 0.113. The van der Waals surface area contributed by atoms with Crippen LogP contribution >= 0.6 is 0 Å². The number of urea groups is 1. The van der Waals surface area contributed by atoms with E-state index in [2.05, 4.69) is 5.43 Å². The number of amides is 3. The van der Waals surface area contributed by atoms with E-state index in [9.17, 15) is 9.59 Å². The maximum Gasteiger partial charge on any atom is 0.331 e. The van der Waals surface area contributed by atoms with Crippen LogP contribution < -0.4 is 11.2 Å². The first-order chi connectivity index (χ1) is 6.93. The zero-order valence-corrected chi connectivity index (χ0v) is 8.94. The second kappa shape index (κ2) is 4.04. The van der Waals surface area contributed by atoms with E-state index in [4.69, 9.17) is 5.73 Å². The van der Waals surface area contributed by atoms with Gasteiger partial charge in [0.2, 0.25) is 0 Å². The van der Waals surface area contributed by atoms with E-state index in [-0.39, 0.29) is 5.91 Å². The Morgan fingerprint density at radius 3 is 2.53 bits per heavy atom. The lowest BCUT2D eigenvalue weighted by molar-refractivity contribution is 0.0827. The summed E-state index contributed by atoms with van der Waals surface area (Å²) in [5.74, 6) is -0.113. The summed E-state index contributed by atoms with van der Waals surface area (Å²) in [7, 11) is 3.33. The molecule has 82 valence electrons. The van der Waals surface area contributed by atoms with Gasteiger partial charge in [-0.25, -0.2) is 10.2 Å². The van der Waals surface area contributed by atoms with Crippen LogP contribution in [-0.2, 0) is 0 Å². The van der Waals surface area contributed by atoms with Gasteiger partial charge in [0.15, 0.2) is 0 Å². The predicted molar refractivity (Wildman–Crippen MR) is 56.1 cm³/mol. The van der Waals surface area contributed by atoms with Crippen LogP contribution in [0.4, 0.5) is 4.79 Å². The Balaban J connectivity index is 2.98. The Morgan fingerprint density at radius 2 is 2.07 bits per heavy atom. The number of nitrogens with zero attached hydrogens (tertiary/aromatic N) is 2. The molecule has 1 aromatic rings. The molecule has 3 N–H and O–H groups in total. The summed E-state index contributed by atoms with van der Waals surface area (Å²) in [6.07, 6.45) is 1.58. The monoisotopic (exact) mass is 210 g/mol. The van der Waals surface area contributed by atoms with Crippen LogP contribution in [0, 0.1) is 6.92 Å². The van der Waals surface area contributed by atoms with Crippen molar-refractivity contribution in [1.82, 2.24) is 9.58 Å². The van der Waals surface area contributed by atoms with Crippen LogP contribution in [0.5, 0.6) is 0 Å². The average Bonchev–Trinajstić information content (AvgIpc) is 2.46. The van der Waals surface area contributed by atoms with Crippen LogP contribution in [0.3, 0.4) is 0 Å². The smallest absolute Gasteiger partial charge is 0.331 e. The molecule has 0 atom stereocenters. The number of aromatic nitrogens is 1. The summed E-state index contributed by atoms with van der Waals surface area (Å²) in [5, 5.41) is 0. The van der Waals surface area contributed by atoms with Crippen molar-refractivity contribution >= 4 is 11.9 Å². The molecule has 1 aromatic heterocycles. The topological polar surface area (TPSA) is 80.4 Å². The van der Waals surface area contributed by atoms with Crippen molar-refractivity contribution in [3.05, 3.63) is 23.5 Å². The molecular weight excluding hydrogens is 196 g/mol. The van der Waals surface area contributed by atoms with Crippen molar-refractivity contribution in [1.29, 1.82) is 0 Å². The van der Waals surface area contributed by atoms with Gasteiger partial charge in [-0.2, -0.15) is 0 Å². The molecule has 6 heteroatoms. The third-order valence-electron chi connectivity index (χ3n) is 2.01. The molecule has 0 saturated carbocycles. The van der Waals surface area contributed by atoms with Gasteiger partial charge in [-0.15, -0.1) is 0 Å². The van der Waals surface area contributed by atoms with Crippen molar-refractivity contribution in [2.45, 2.75) is 6.92 Å². The van der Waals surface area contributed by atoms with Gasteiger partial charge in [-0.1, -0.05) is 0 Å². The van der Waals surface area contributed by atoms with Gasteiger partial charge < -0.3 is 10.6 Å². The number of carbonyl (C=O) groups is 2. The van der Waals surface area contributed by atoms with E-state index in [1.54, 1.807) is 33.3 Å². The minimum Gasteiger partial charge on any atom is -0.350 e. The van der Waals surface area contributed by atoms with Crippen molar-refractivity contribution in [2.24, 2.45) is 5.73 Å². The molecule has 0 saturated heterocycles. The van der Waals surface area contributed by atoms with Crippen molar-refractivity contribution in [2.75, 3.05) is 19.5 Å². The van der Waals surface area contributed by atoms with Gasteiger partial charge in [-0.05, 0) is 13.0 Å². The third kappa shape index (κ3) is 2.28. The molecule has 0 unspecified atom stereocenters. The van der Waals surface area contributed by atoms with Crippen LogP contribution in [0.25, 0.3) is 0 Å². The molecule has 1 rings (SSSR count). The van der Waals surface area contributed by atoms with Crippen molar-refractivity contribution in [3.8, 4) is 0 Å². The highest BCUT2D eigenvalue weighted by molar-refractivity contribution is 5.95. The standard InChI is InChI=1S/C9H14N4O2/c1-6-7(8(14)12(2)3)4-5-13(6)11-9(10)15/h4-5H,1-3H3,(H3,10,11,15). The number of primary amides is 1. The summed E-state index contributed by atoms with van der Waals surface area (Å²) >= 11 is 0. The first kappa shape index (κ1) is 11.1. The van der Waals surface area contributed by atoms with Gasteiger partial charge in [-0.3, -0.25) is 9.47 Å². The molecule has 1 heterocycles. The second-order valence-electron chi connectivity index (χ2n) is 3.36. The largest absolute Gasteiger partial charge is 0.350 e. The van der Waals surface area contributed by atoms with E-state index in [0.717, 1.165) is 0 Å². The van der Waals surface area contributed by atoms with Crippen LogP contribution in [0.1, 0.15) is 16.1 Å². The van der Waals surface area contributed by atoms with Gasteiger partial charge >= 0.3 is 6.03 Å². The first-order valence-electron chi connectivity index (χ1n) is 4.39. The molecular formula is C9H14N4O2. The molecule has 15 heavy (non-hydrogen) atoms. The van der Waals surface area contributed by atoms with Gasteiger partial charge in [0.1, 0.15) is 0 Å². The van der Waals surface area contributed by atoms with E-state index in [1.807, 2.05) is 0 Å². The summed E-state index contributed by atoms with van der Waals surface area (Å²) in [5.41, 5.74) is 8.53. The van der Waals surface area contributed by atoms with Gasteiger partial charge in [0.25, 0.3) is 5.91 Å². The highest BCUT2D eigenvalue weighted by atomic mass is 16.2. The molecule has 6 nitrogen and oxygen atoms in total. The lowest BCUT2D eigenvalue weighted by Gasteiger charge is -2.11. The zero-order valence-electron chi connectivity index (χ0n) is 8.94. The van der Waals surface area contributed by atoms with Crippen LogP contribution in [0.2, 0.25) is 0 Å². The molecule has 0 bridgehead atoms. The Bertz CT molecular complexity index is 395. The van der Waals surface area contributed by atoms with Gasteiger partial charge in [0, 0.05) is 26.0 Å². The average molecular weight is 210 g/mol. The quantitative estimate of drug-likeness (QED) is 0.727. The number of carbonyl (C=O) groups excluding carboxylic acids is 2. The fraction of sp³-hybridized carbons (Fsp3) is 0.333. The molecule has 0 aliphatic carbocycles. The van der Waals surface area contributed by atoms with E-state index in [0.29, 0.717) is 11.3 Å². The van der Waals surface area contributed by atoms with Gasteiger partial charge in [0.05, 0.1) is 5.56 Å². The highest BCUT2D eigenvalue weighted by Gasteiger charge is 2.14. The molecule has 0 radical (unpaired) electrons. The molecule has 0 aromatic carbocycles. The lowest BCUT2D eigenvalue weighted by atomic mass is 10.2. The van der Waals surface area contributed by atoms with Crippen LogP contribution in [0.15, 0.2) is 12.3 Å². The molecule has 0 aliphatic heterocycles. The summed E-state index contributed by atoms with van der Waals surface area (Å²) in [6.45, 7) is 1.73. The number of rotatable bonds is 2. The molecule has 0 aliphatic rings. The third-order valence-corrected chi connectivity index (χ3v) is 2.01. The van der Waals surface area contributed by atoms with E-state index in [1.165, 1.54) is 9.58 Å². The highest BCUT2D eigenvalue weighted by Crippen LogP contribution is 2.10. The zero-order chi connectivity index (χ0) is 11.6. The fourth-order valence-corrected chi connectivity index (χ4v) is 1.22. The maximum absolute atomic E-state index is 11.6. The normalized spacial score (nSPS) is 9.80. The maximum atomic E-state index is 11.6. The summed E-state index contributed by atoms with van der Waals surface area (Å²) in [4.78, 5) is 23.7. The number of nitrogens with one attached hydrogen (secondary N) is 1. The van der Waals surface area contributed by atoms with Crippen molar-refractivity contribution < 1.29 is 9.59 Å². The Hall–Kier alpha value is -1.98. The SMILES string of the molecule is Cc1c(C(=O)N(C)C)ccn1NC(N)=O. The van der Waals surface area contributed by atoms with E-state index >= 15 is 0 Å². The molecule has 0 spiro atoms. The fourth-order valence-electron chi connectivity index (χ4n) is 1.22.